The number of alkyl halides is 3. The standard InChI is InChI=1S/C13H18F3N3O/c1-3-19(8-13(14,15)16)9(2)12(20)18-11-6-4-10(17)5-7-11/h4-7,9H,3,8,17H2,1-2H3,(H,18,20). The minimum atomic E-state index is -4.33. The van der Waals surface area contributed by atoms with Crippen LogP contribution in [0.2, 0.25) is 0 Å². The maximum absolute atomic E-state index is 12.4. The molecule has 0 spiro atoms. The van der Waals surface area contributed by atoms with E-state index >= 15 is 0 Å². The van der Waals surface area contributed by atoms with Crippen molar-refractivity contribution in [2.75, 3.05) is 24.1 Å². The molecule has 1 aromatic rings. The number of anilines is 2. The topological polar surface area (TPSA) is 58.4 Å². The third kappa shape index (κ3) is 5.08. The van der Waals surface area contributed by atoms with Crippen LogP contribution in [0.25, 0.3) is 0 Å². The van der Waals surface area contributed by atoms with Crippen LogP contribution in [0.4, 0.5) is 24.5 Å². The Morgan fingerprint density at radius 1 is 1.35 bits per heavy atom. The summed E-state index contributed by atoms with van der Waals surface area (Å²) < 4.78 is 37.2. The van der Waals surface area contributed by atoms with Gasteiger partial charge in [-0.2, -0.15) is 13.2 Å². The van der Waals surface area contributed by atoms with Gasteiger partial charge in [0, 0.05) is 11.4 Å². The van der Waals surface area contributed by atoms with Crippen molar-refractivity contribution in [2.45, 2.75) is 26.1 Å². The van der Waals surface area contributed by atoms with Crippen molar-refractivity contribution in [1.29, 1.82) is 0 Å². The minimum absolute atomic E-state index is 0.135. The lowest BCUT2D eigenvalue weighted by molar-refractivity contribution is -0.152. The number of carbonyl (C=O) groups excluding carboxylic acids is 1. The average molecular weight is 289 g/mol. The van der Waals surface area contributed by atoms with Gasteiger partial charge in [0.25, 0.3) is 0 Å². The van der Waals surface area contributed by atoms with Crippen LogP contribution in [-0.4, -0.2) is 36.1 Å². The van der Waals surface area contributed by atoms with Crippen LogP contribution in [0.1, 0.15) is 13.8 Å². The molecule has 0 saturated heterocycles. The monoisotopic (exact) mass is 289 g/mol. The number of nitrogens with zero attached hydrogens (tertiary/aromatic N) is 1. The van der Waals surface area contributed by atoms with E-state index in [-0.39, 0.29) is 6.54 Å². The number of halogens is 3. The molecule has 0 aliphatic rings. The first-order valence-electron chi connectivity index (χ1n) is 6.20. The second kappa shape index (κ2) is 6.60. The summed E-state index contributed by atoms with van der Waals surface area (Å²) in [5, 5.41) is 2.57. The average Bonchev–Trinajstić information content (AvgIpc) is 2.36. The molecular formula is C13H18F3N3O. The van der Waals surface area contributed by atoms with Crippen molar-refractivity contribution < 1.29 is 18.0 Å². The molecule has 1 amide bonds. The van der Waals surface area contributed by atoms with Crippen LogP contribution in [-0.2, 0) is 4.79 Å². The summed E-state index contributed by atoms with van der Waals surface area (Å²) in [6.07, 6.45) is -4.33. The van der Waals surface area contributed by atoms with Gasteiger partial charge in [0.05, 0.1) is 12.6 Å². The minimum Gasteiger partial charge on any atom is -0.399 e. The summed E-state index contributed by atoms with van der Waals surface area (Å²) in [6.45, 7) is 2.05. The molecule has 0 fully saturated rings. The van der Waals surface area contributed by atoms with Crippen molar-refractivity contribution >= 4 is 17.3 Å². The van der Waals surface area contributed by atoms with Gasteiger partial charge >= 0.3 is 6.18 Å². The van der Waals surface area contributed by atoms with E-state index in [1.165, 1.54) is 6.92 Å². The Morgan fingerprint density at radius 2 is 1.90 bits per heavy atom. The SMILES string of the molecule is CCN(CC(F)(F)F)C(C)C(=O)Nc1ccc(N)cc1. The van der Waals surface area contributed by atoms with Crippen molar-refractivity contribution in [2.24, 2.45) is 0 Å². The van der Waals surface area contributed by atoms with E-state index in [1.807, 2.05) is 0 Å². The third-order valence-electron chi connectivity index (χ3n) is 2.89. The van der Waals surface area contributed by atoms with E-state index < -0.39 is 24.7 Å². The molecule has 0 aliphatic carbocycles. The molecule has 1 atom stereocenters. The Labute approximate surface area is 115 Å². The first-order chi connectivity index (χ1) is 9.23. The number of nitrogen functional groups attached to an aromatic ring is 1. The number of hydrogen-bond acceptors (Lipinski definition) is 3. The molecule has 4 nitrogen and oxygen atoms in total. The van der Waals surface area contributed by atoms with Gasteiger partial charge in [-0.05, 0) is 37.7 Å². The van der Waals surface area contributed by atoms with Gasteiger partial charge in [0.2, 0.25) is 5.91 Å². The lowest BCUT2D eigenvalue weighted by Crippen LogP contribution is -2.46. The van der Waals surface area contributed by atoms with Crippen LogP contribution in [0.15, 0.2) is 24.3 Å². The van der Waals surface area contributed by atoms with Gasteiger partial charge in [-0.1, -0.05) is 6.92 Å². The highest BCUT2D eigenvalue weighted by Gasteiger charge is 2.33. The normalized spacial score (nSPS) is 13.3. The highest BCUT2D eigenvalue weighted by atomic mass is 19.4. The molecule has 20 heavy (non-hydrogen) atoms. The van der Waals surface area contributed by atoms with Crippen molar-refractivity contribution in [3.8, 4) is 0 Å². The van der Waals surface area contributed by atoms with Crippen molar-refractivity contribution in [3.05, 3.63) is 24.3 Å². The van der Waals surface area contributed by atoms with Crippen molar-refractivity contribution in [3.63, 3.8) is 0 Å². The van der Waals surface area contributed by atoms with Crippen LogP contribution < -0.4 is 11.1 Å². The highest BCUT2D eigenvalue weighted by Crippen LogP contribution is 2.18. The lowest BCUT2D eigenvalue weighted by atomic mass is 10.2. The van der Waals surface area contributed by atoms with E-state index in [0.29, 0.717) is 11.4 Å². The highest BCUT2D eigenvalue weighted by molar-refractivity contribution is 5.94. The van der Waals surface area contributed by atoms with Crippen LogP contribution in [0.5, 0.6) is 0 Å². The van der Waals surface area contributed by atoms with Crippen LogP contribution >= 0.6 is 0 Å². The summed E-state index contributed by atoms with van der Waals surface area (Å²) in [5.74, 6) is -0.485. The Hall–Kier alpha value is -1.76. The first kappa shape index (κ1) is 16.3. The van der Waals surface area contributed by atoms with E-state index in [2.05, 4.69) is 5.32 Å². The smallest absolute Gasteiger partial charge is 0.399 e. The zero-order valence-corrected chi connectivity index (χ0v) is 11.4. The molecule has 0 radical (unpaired) electrons. The Kier molecular flexibility index (Phi) is 5.38. The fraction of sp³-hybridized carbons (Fsp3) is 0.462. The molecule has 0 bridgehead atoms. The van der Waals surface area contributed by atoms with Crippen molar-refractivity contribution in [1.82, 2.24) is 4.90 Å². The number of rotatable bonds is 5. The molecule has 0 saturated carbocycles. The number of hydrogen-bond donors (Lipinski definition) is 2. The predicted octanol–water partition coefficient (Wildman–Crippen LogP) is 2.48. The number of nitrogens with two attached hydrogens (primary N) is 1. The zero-order chi connectivity index (χ0) is 15.3. The molecule has 1 rings (SSSR count). The summed E-state index contributed by atoms with van der Waals surface area (Å²) >= 11 is 0. The number of carbonyl (C=O) groups is 1. The summed E-state index contributed by atoms with van der Waals surface area (Å²) in [4.78, 5) is 13.0. The van der Waals surface area contributed by atoms with Gasteiger partial charge in [-0.25, -0.2) is 0 Å². The summed E-state index contributed by atoms with van der Waals surface area (Å²) in [7, 11) is 0. The largest absolute Gasteiger partial charge is 0.401 e. The molecule has 1 unspecified atom stereocenters. The number of amides is 1. The maximum atomic E-state index is 12.4. The fourth-order valence-corrected chi connectivity index (χ4v) is 1.73. The zero-order valence-electron chi connectivity index (χ0n) is 11.4. The molecule has 7 heteroatoms. The van der Waals surface area contributed by atoms with E-state index in [9.17, 15) is 18.0 Å². The second-order valence-electron chi connectivity index (χ2n) is 4.47. The molecule has 0 aliphatic heterocycles. The Balaban J connectivity index is 2.67. The van der Waals surface area contributed by atoms with Gasteiger partial charge in [0.15, 0.2) is 0 Å². The van der Waals surface area contributed by atoms with E-state index in [1.54, 1.807) is 31.2 Å². The number of likely N-dealkylation sites (N-methyl/N-ethyl adjacent to an activating group) is 1. The lowest BCUT2D eigenvalue weighted by Gasteiger charge is -2.27. The molecule has 1 aromatic carbocycles. The fourth-order valence-electron chi connectivity index (χ4n) is 1.73. The Bertz CT molecular complexity index is 445. The summed E-state index contributed by atoms with van der Waals surface area (Å²) in [5.41, 5.74) is 6.55. The summed E-state index contributed by atoms with van der Waals surface area (Å²) in [6, 6.07) is 5.53. The molecular weight excluding hydrogens is 271 g/mol. The van der Waals surface area contributed by atoms with Gasteiger partial charge < -0.3 is 11.1 Å². The number of benzene rings is 1. The molecule has 0 aromatic heterocycles. The second-order valence-corrected chi connectivity index (χ2v) is 4.47. The van der Waals surface area contributed by atoms with Crippen LogP contribution in [0.3, 0.4) is 0 Å². The van der Waals surface area contributed by atoms with E-state index in [0.717, 1.165) is 4.90 Å². The number of nitrogens with one attached hydrogen (secondary N) is 1. The van der Waals surface area contributed by atoms with E-state index in [4.69, 9.17) is 5.73 Å². The quantitative estimate of drug-likeness (QED) is 0.819. The molecule has 0 heterocycles. The van der Waals surface area contributed by atoms with Gasteiger partial charge in [0.1, 0.15) is 0 Å². The molecule has 112 valence electrons. The Morgan fingerprint density at radius 3 is 2.35 bits per heavy atom. The predicted molar refractivity (Wildman–Crippen MR) is 72.2 cm³/mol. The first-order valence-corrected chi connectivity index (χ1v) is 6.20. The van der Waals surface area contributed by atoms with Gasteiger partial charge in [-0.15, -0.1) is 0 Å². The van der Waals surface area contributed by atoms with Gasteiger partial charge in [-0.3, -0.25) is 9.69 Å². The maximum Gasteiger partial charge on any atom is 0.401 e. The molecule has 3 N–H and O–H groups in total. The van der Waals surface area contributed by atoms with Crippen LogP contribution in [0, 0.1) is 0 Å². The third-order valence-corrected chi connectivity index (χ3v) is 2.89.